The van der Waals surface area contributed by atoms with E-state index in [0.717, 1.165) is 5.56 Å². The fourth-order valence-corrected chi connectivity index (χ4v) is 1.46. The largest absolute Gasteiger partial charge is 0.507 e. The molecule has 0 heterocycles. The summed E-state index contributed by atoms with van der Waals surface area (Å²) in [4.78, 5) is 22.5. The molecular formula is C13H16O5. The summed E-state index contributed by atoms with van der Waals surface area (Å²) in [6, 6.07) is 4.59. The molecule has 1 N–H and O–H groups in total. The van der Waals surface area contributed by atoms with Crippen molar-refractivity contribution in [3.8, 4) is 5.75 Å². The van der Waals surface area contributed by atoms with Crippen molar-refractivity contribution in [2.24, 2.45) is 0 Å². The van der Waals surface area contributed by atoms with E-state index in [4.69, 9.17) is 4.74 Å². The zero-order chi connectivity index (χ0) is 13.5. The second-order valence-corrected chi connectivity index (χ2v) is 3.65. The number of rotatable bonds is 5. The van der Waals surface area contributed by atoms with E-state index in [-0.39, 0.29) is 30.3 Å². The summed E-state index contributed by atoms with van der Waals surface area (Å²) in [6.45, 7) is 1.93. The third-order valence-electron chi connectivity index (χ3n) is 2.40. The van der Waals surface area contributed by atoms with Gasteiger partial charge in [0.05, 0.1) is 13.7 Å². The number of hydrogen-bond acceptors (Lipinski definition) is 5. The number of phenolic OH excluding ortho intramolecular Hbond substituents is 1. The van der Waals surface area contributed by atoms with Gasteiger partial charge in [-0.2, -0.15) is 0 Å². The Bertz CT molecular complexity index is 439. The standard InChI is InChI=1S/C13H16O5/c1-3-18-13(16)10-8-9(4-6-11(10)14)5-7-12(15)17-2/h4,6,8,14H,3,5,7H2,1-2H3. The number of ether oxygens (including phenoxy) is 2. The van der Waals surface area contributed by atoms with E-state index in [1.165, 1.54) is 19.2 Å². The van der Waals surface area contributed by atoms with Crippen molar-refractivity contribution in [3.05, 3.63) is 29.3 Å². The molecule has 0 unspecified atom stereocenters. The van der Waals surface area contributed by atoms with Crippen molar-refractivity contribution < 1.29 is 24.2 Å². The average molecular weight is 252 g/mol. The molecule has 0 aliphatic carbocycles. The van der Waals surface area contributed by atoms with Crippen LogP contribution in [0.2, 0.25) is 0 Å². The fraction of sp³-hybridized carbons (Fsp3) is 0.385. The summed E-state index contributed by atoms with van der Waals surface area (Å²) in [6.07, 6.45) is 0.670. The first-order valence-corrected chi connectivity index (χ1v) is 5.64. The highest BCUT2D eigenvalue weighted by Crippen LogP contribution is 2.20. The van der Waals surface area contributed by atoms with E-state index < -0.39 is 5.97 Å². The molecule has 1 aromatic carbocycles. The number of methoxy groups -OCH3 is 1. The number of carbonyl (C=O) groups excluding carboxylic acids is 2. The van der Waals surface area contributed by atoms with Crippen LogP contribution in [0.15, 0.2) is 18.2 Å². The van der Waals surface area contributed by atoms with Crippen LogP contribution in [-0.4, -0.2) is 30.8 Å². The smallest absolute Gasteiger partial charge is 0.341 e. The SMILES string of the molecule is CCOC(=O)c1cc(CCC(=O)OC)ccc1O. The van der Waals surface area contributed by atoms with Crippen LogP contribution >= 0.6 is 0 Å². The van der Waals surface area contributed by atoms with Gasteiger partial charge in [-0.05, 0) is 31.0 Å². The quantitative estimate of drug-likeness (QED) is 0.807. The maximum Gasteiger partial charge on any atom is 0.341 e. The zero-order valence-corrected chi connectivity index (χ0v) is 10.4. The Kier molecular flexibility index (Phi) is 5.17. The Labute approximate surface area is 105 Å². The first-order chi connectivity index (χ1) is 8.58. The summed E-state index contributed by atoms with van der Waals surface area (Å²) in [5.41, 5.74) is 0.875. The molecule has 5 heteroatoms. The first kappa shape index (κ1) is 14.0. The van der Waals surface area contributed by atoms with Crippen LogP contribution in [0.25, 0.3) is 0 Å². The van der Waals surface area contributed by atoms with Gasteiger partial charge in [0.2, 0.25) is 0 Å². The maximum atomic E-state index is 11.5. The van der Waals surface area contributed by atoms with Gasteiger partial charge in [0.1, 0.15) is 11.3 Å². The highest BCUT2D eigenvalue weighted by atomic mass is 16.5. The molecule has 0 aromatic heterocycles. The van der Waals surface area contributed by atoms with Crippen LogP contribution in [0.5, 0.6) is 5.75 Å². The van der Waals surface area contributed by atoms with Gasteiger partial charge >= 0.3 is 11.9 Å². The van der Waals surface area contributed by atoms with Crippen LogP contribution in [-0.2, 0) is 20.7 Å². The summed E-state index contributed by atoms with van der Waals surface area (Å²) >= 11 is 0. The van der Waals surface area contributed by atoms with E-state index in [1.807, 2.05) is 0 Å². The molecule has 1 aromatic rings. The lowest BCUT2D eigenvalue weighted by Gasteiger charge is -2.07. The minimum atomic E-state index is -0.574. The first-order valence-electron chi connectivity index (χ1n) is 5.64. The van der Waals surface area contributed by atoms with Gasteiger partial charge in [0, 0.05) is 6.42 Å². The van der Waals surface area contributed by atoms with E-state index in [1.54, 1.807) is 13.0 Å². The normalized spacial score (nSPS) is 9.89. The Morgan fingerprint density at radius 2 is 2.06 bits per heavy atom. The molecule has 0 saturated carbocycles. The third kappa shape index (κ3) is 3.76. The van der Waals surface area contributed by atoms with Crippen molar-refractivity contribution in [1.82, 2.24) is 0 Å². The van der Waals surface area contributed by atoms with Crippen LogP contribution in [0.3, 0.4) is 0 Å². The molecule has 5 nitrogen and oxygen atoms in total. The van der Waals surface area contributed by atoms with Gasteiger partial charge in [0.15, 0.2) is 0 Å². The Morgan fingerprint density at radius 3 is 2.67 bits per heavy atom. The molecule has 0 bridgehead atoms. The highest BCUT2D eigenvalue weighted by Gasteiger charge is 2.13. The summed E-state index contributed by atoms with van der Waals surface area (Å²) < 4.78 is 9.35. The van der Waals surface area contributed by atoms with Crippen molar-refractivity contribution in [3.63, 3.8) is 0 Å². The predicted octanol–water partition coefficient (Wildman–Crippen LogP) is 1.67. The highest BCUT2D eigenvalue weighted by molar-refractivity contribution is 5.92. The van der Waals surface area contributed by atoms with Crippen molar-refractivity contribution in [2.75, 3.05) is 13.7 Å². The Balaban J connectivity index is 2.80. The minimum Gasteiger partial charge on any atom is -0.507 e. The molecule has 0 saturated heterocycles. The van der Waals surface area contributed by atoms with Gasteiger partial charge in [-0.1, -0.05) is 6.07 Å². The minimum absolute atomic E-state index is 0.110. The molecule has 0 amide bonds. The van der Waals surface area contributed by atoms with Gasteiger partial charge < -0.3 is 14.6 Å². The van der Waals surface area contributed by atoms with Gasteiger partial charge in [-0.15, -0.1) is 0 Å². The molecule has 98 valence electrons. The number of phenols is 1. The Morgan fingerprint density at radius 1 is 1.33 bits per heavy atom. The number of hydrogen-bond donors (Lipinski definition) is 1. The molecule has 0 atom stereocenters. The maximum absolute atomic E-state index is 11.5. The topological polar surface area (TPSA) is 72.8 Å². The van der Waals surface area contributed by atoms with E-state index in [0.29, 0.717) is 6.42 Å². The molecule has 0 aliphatic rings. The average Bonchev–Trinajstić information content (AvgIpc) is 2.37. The molecule has 18 heavy (non-hydrogen) atoms. The van der Waals surface area contributed by atoms with Crippen molar-refractivity contribution >= 4 is 11.9 Å². The third-order valence-corrected chi connectivity index (χ3v) is 2.40. The van der Waals surface area contributed by atoms with Crippen molar-refractivity contribution in [1.29, 1.82) is 0 Å². The molecule has 0 fully saturated rings. The molecule has 0 aliphatic heterocycles. The van der Waals surface area contributed by atoms with Crippen LogP contribution < -0.4 is 0 Å². The predicted molar refractivity (Wildman–Crippen MR) is 64.4 cm³/mol. The number of esters is 2. The number of aryl methyl sites for hydroxylation is 1. The molecule has 1 rings (SSSR count). The van der Waals surface area contributed by atoms with Crippen LogP contribution in [0, 0.1) is 0 Å². The Hall–Kier alpha value is -2.04. The molecule has 0 spiro atoms. The molecule has 0 radical (unpaired) electrons. The van der Waals surface area contributed by atoms with Crippen LogP contribution in [0.4, 0.5) is 0 Å². The summed E-state index contributed by atoms with van der Waals surface area (Å²) in [7, 11) is 1.32. The second kappa shape index (κ2) is 6.64. The summed E-state index contributed by atoms with van der Waals surface area (Å²) in [5.74, 6) is -1.02. The van der Waals surface area contributed by atoms with E-state index in [9.17, 15) is 14.7 Å². The monoisotopic (exact) mass is 252 g/mol. The number of benzene rings is 1. The van der Waals surface area contributed by atoms with E-state index >= 15 is 0 Å². The van der Waals surface area contributed by atoms with Crippen LogP contribution in [0.1, 0.15) is 29.3 Å². The van der Waals surface area contributed by atoms with E-state index in [2.05, 4.69) is 4.74 Å². The lowest BCUT2D eigenvalue weighted by Crippen LogP contribution is -2.06. The second-order valence-electron chi connectivity index (χ2n) is 3.65. The van der Waals surface area contributed by atoms with Gasteiger partial charge in [0.25, 0.3) is 0 Å². The lowest BCUT2D eigenvalue weighted by atomic mass is 10.1. The molecular weight excluding hydrogens is 236 g/mol. The van der Waals surface area contributed by atoms with Crippen molar-refractivity contribution in [2.45, 2.75) is 19.8 Å². The fourth-order valence-electron chi connectivity index (χ4n) is 1.46. The summed E-state index contributed by atoms with van der Waals surface area (Å²) in [5, 5.41) is 9.56. The number of aromatic hydroxyl groups is 1. The zero-order valence-electron chi connectivity index (χ0n) is 10.4. The number of carbonyl (C=O) groups is 2. The van der Waals surface area contributed by atoms with Gasteiger partial charge in [-0.3, -0.25) is 4.79 Å². The lowest BCUT2D eigenvalue weighted by molar-refractivity contribution is -0.140. The van der Waals surface area contributed by atoms with Gasteiger partial charge in [-0.25, -0.2) is 4.79 Å².